The van der Waals surface area contributed by atoms with E-state index >= 15 is 0 Å². The average molecular weight is 388 g/mol. The molecule has 2 aromatic rings. The predicted molar refractivity (Wildman–Crippen MR) is 109 cm³/mol. The van der Waals surface area contributed by atoms with Crippen LogP contribution in [0, 0.1) is 12.8 Å². The molecule has 0 fully saturated rings. The molecule has 152 valence electrons. The van der Waals surface area contributed by atoms with Gasteiger partial charge in [0.2, 0.25) is 6.54 Å². The van der Waals surface area contributed by atoms with Gasteiger partial charge in [-0.05, 0) is 12.3 Å². The summed E-state index contributed by atoms with van der Waals surface area (Å²) in [6, 6.07) is 5.66. The maximum absolute atomic E-state index is 13.1. The molecule has 2 rings (SSSR count). The van der Waals surface area contributed by atoms with Gasteiger partial charge in [0.25, 0.3) is 11.5 Å². The lowest BCUT2D eigenvalue weighted by atomic mass is 10.2. The van der Waals surface area contributed by atoms with Gasteiger partial charge in [0.05, 0.1) is 0 Å². The monoisotopic (exact) mass is 388 g/mol. The van der Waals surface area contributed by atoms with Crippen molar-refractivity contribution in [2.75, 3.05) is 17.2 Å². The molecule has 0 spiro atoms. The number of anilines is 2. The molecule has 0 saturated heterocycles. The third-order valence-corrected chi connectivity index (χ3v) is 4.54. The number of nitrogens with one attached hydrogen (secondary N) is 1. The Balaban J connectivity index is 2.50. The van der Waals surface area contributed by atoms with Crippen molar-refractivity contribution in [3.05, 3.63) is 50.9 Å². The first-order valence-corrected chi connectivity index (χ1v) is 9.64. The van der Waals surface area contributed by atoms with E-state index in [0.29, 0.717) is 19.5 Å². The Morgan fingerprint density at radius 3 is 2.64 bits per heavy atom. The third-order valence-electron chi connectivity index (χ3n) is 4.54. The van der Waals surface area contributed by atoms with Crippen molar-refractivity contribution in [1.82, 2.24) is 9.55 Å². The molecule has 8 heteroatoms. The van der Waals surface area contributed by atoms with Crippen LogP contribution in [0.15, 0.2) is 34.0 Å². The Kier molecular flexibility index (Phi) is 7.14. The van der Waals surface area contributed by atoms with E-state index in [2.05, 4.69) is 4.98 Å². The van der Waals surface area contributed by atoms with E-state index in [0.717, 1.165) is 12.1 Å². The SMILES string of the molecule is CCCCN(C(=O)C[n+]1ccccc1C)c1c(N)n(CC(C)C)c(=O)[nH]c1=O. The first-order valence-electron chi connectivity index (χ1n) is 9.64. The number of aromatic amines is 1. The topological polar surface area (TPSA) is 105 Å². The van der Waals surface area contributed by atoms with Crippen LogP contribution in [-0.4, -0.2) is 22.0 Å². The highest BCUT2D eigenvalue weighted by Crippen LogP contribution is 2.18. The van der Waals surface area contributed by atoms with Crippen LogP contribution in [0.25, 0.3) is 0 Å². The predicted octanol–water partition coefficient (Wildman–Crippen LogP) is 1.20. The highest BCUT2D eigenvalue weighted by molar-refractivity contribution is 5.94. The fourth-order valence-electron chi connectivity index (χ4n) is 3.03. The van der Waals surface area contributed by atoms with Crippen LogP contribution in [-0.2, 0) is 17.9 Å². The van der Waals surface area contributed by atoms with E-state index in [1.54, 1.807) is 0 Å². The maximum Gasteiger partial charge on any atom is 0.330 e. The lowest BCUT2D eigenvalue weighted by molar-refractivity contribution is -0.690. The number of carbonyl (C=O) groups excluding carboxylic acids is 1. The molecule has 1 amide bonds. The van der Waals surface area contributed by atoms with Gasteiger partial charge in [0, 0.05) is 32.1 Å². The van der Waals surface area contributed by atoms with Crippen LogP contribution < -0.4 is 26.4 Å². The molecule has 3 N–H and O–H groups in total. The van der Waals surface area contributed by atoms with E-state index in [1.165, 1.54) is 9.47 Å². The van der Waals surface area contributed by atoms with Crippen molar-refractivity contribution in [2.24, 2.45) is 5.92 Å². The normalized spacial score (nSPS) is 11.0. The maximum atomic E-state index is 13.1. The number of aryl methyl sites for hydroxylation is 1. The lowest BCUT2D eigenvalue weighted by Crippen LogP contribution is -2.49. The summed E-state index contributed by atoms with van der Waals surface area (Å²) in [5, 5.41) is 0. The quantitative estimate of drug-likeness (QED) is 0.663. The number of hydrogen-bond acceptors (Lipinski definition) is 4. The van der Waals surface area contributed by atoms with Gasteiger partial charge in [-0.2, -0.15) is 4.57 Å². The average Bonchev–Trinajstić information content (AvgIpc) is 2.63. The highest BCUT2D eigenvalue weighted by Gasteiger charge is 2.26. The number of nitrogens with zero attached hydrogens (tertiary/aromatic N) is 3. The Hall–Kier alpha value is -2.90. The lowest BCUT2D eigenvalue weighted by Gasteiger charge is -2.24. The molecule has 0 bridgehead atoms. The number of hydrogen-bond donors (Lipinski definition) is 2. The number of carbonyl (C=O) groups is 1. The molecule has 0 aliphatic heterocycles. The largest absolute Gasteiger partial charge is 0.383 e. The second kappa shape index (κ2) is 9.34. The van der Waals surface area contributed by atoms with Crippen molar-refractivity contribution in [2.45, 2.75) is 53.6 Å². The molecule has 2 aromatic heterocycles. The number of H-pyrrole nitrogens is 1. The Labute approximate surface area is 164 Å². The van der Waals surface area contributed by atoms with E-state index in [9.17, 15) is 14.4 Å². The van der Waals surface area contributed by atoms with Crippen LogP contribution in [0.4, 0.5) is 11.5 Å². The van der Waals surface area contributed by atoms with Crippen molar-refractivity contribution >= 4 is 17.4 Å². The third kappa shape index (κ3) is 4.88. The van der Waals surface area contributed by atoms with Gasteiger partial charge in [-0.15, -0.1) is 0 Å². The summed E-state index contributed by atoms with van der Waals surface area (Å²) in [6.07, 6.45) is 3.38. The van der Waals surface area contributed by atoms with Crippen LogP contribution in [0.5, 0.6) is 0 Å². The Morgan fingerprint density at radius 2 is 2.04 bits per heavy atom. The number of rotatable bonds is 8. The van der Waals surface area contributed by atoms with Crippen molar-refractivity contribution < 1.29 is 9.36 Å². The zero-order chi connectivity index (χ0) is 20.8. The van der Waals surface area contributed by atoms with Crippen molar-refractivity contribution in [3.8, 4) is 0 Å². The second-order valence-electron chi connectivity index (χ2n) is 7.37. The summed E-state index contributed by atoms with van der Waals surface area (Å²) in [4.78, 5) is 41.6. The Morgan fingerprint density at radius 1 is 1.32 bits per heavy atom. The standard InChI is InChI=1S/C20H29N5O3/c1-5-6-11-24(16(26)13-23-10-8-7-9-15(23)4)17-18(21)25(12-14(2)3)20(28)22-19(17)27/h7-10,14H,5-6,11-13H2,1-4H3,(H2-,21,22,27,28)/p+1. The number of amides is 1. The summed E-state index contributed by atoms with van der Waals surface area (Å²) >= 11 is 0. The number of pyridine rings is 1. The van der Waals surface area contributed by atoms with Crippen LogP contribution in [0.2, 0.25) is 0 Å². The van der Waals surface area contributed by atoms with Crippen molar-refractivity contribution in [3.63, 3.8) is 0 Å². The summed E-state index contributed by atoms with van der Waals surface area (Å²) in [5.74, 6) is -0.0672. The Bertz CT molecular complexity index is 946. The fraction of sp³-hybridized carbons (Fsp3) is 0.500. The van der Waals surface area contributed by atoms with E-state index < -0.39 is 11.2 Å². The minimum absolute atomic E-state index is 0.0293. The van der Waals surface area contributed by atoms with E-state index in [1.807, 2.05) is 56.7 Å². The summed E-state index contributed by atoms with van der Waals surface area (Å²) in [6.45, 7) is 8.61. The van der Waals surface area contributed by atoms with E-state index in [4.69, 9.17) is 5.73 Å². The number of nitrogens with two attached hydrogens (primary N) is 1. The number of aromatic nitrogens is 3. The molecule has 0 radical (unpaired) electrons. The second-order valence-corrected chi connectivity index (χ2v) is 7.37. The van der Waals surface area contributed by atoms with Gasteiger partial charge in [-0.25, -0.2) is 4.79 Å². The summed E-state index contributed by atoms with van der Waals surface area (Å²) in [5.41, 5.74) is 5.99. The van der Waals surface area contributed by atoms with Crippen LogP contribution in [0.1, 0.15) is 39.3 Å². The van der Waals surface area contributed by atoms with Gasteiger partial charge >= 0.3 is 5.69 Å². The molecule has 0 saturated carbocycles. The van der Waals surface area contributed by atoms with Gasteiger partial charge in [-0.1, -0.05) is 33.3 Å². The first kappa shape index (κ1) is 21.4. The molecule has 2 heterocycles. The molecular formula is C20H30N5O3+. The summed E-state index contributed by atoms with van der Waals surface area (Å²) in [7, 11) is 0. The zero-order valence-corrected chi connectivity index (χ0v) is 17.1. The van der Waals surface area contributed by atoms with Gasteiger partial charge in [0.1, 0.15) is 5.82 Å². The molecule has 28 heavy (non-hydrogen) atoms. The molecule has 0 atom stereocenters. The minimum atomic E-state index is -0.637. The van der Waals surface area contributed by atoms with Crippen LogP contribution >= 0.6 is 0 Å². The molecular weight excluding hydrogens is 358 g/mol. The van der Waals surface area contributed by atoms with Crippen molar-refractivity contribution in [1.29, 1.82) is 0 Å². The molecule has 0 aliphatic rings. The number of unbranched alkanes of at least 4 members (excludes halogenated alkanes) is 1. The smallest absolute Gasteiger partial charge is 0.330 e. The summed E-state index contributed by atoms with van der Waals surface area (Å²) < 4.78 is 3.14. The molecule has 0 aromatic carbocycles. The first-order chi connectivity index (χ1) is 13.3. The minimum Gasteiger partial charge on any atom is -0.383 e. The fourth-order valence-corrected chi connectivity index (χ4v) is 3.03. The van der Waals surface area contributed by atoms with Crippen LogP contribution in [0.3, 0.4) is 0 Å². The molecule has 0 unspecified atom stereocenters. The van der Waals surface area contributed by atoms with Gasteiger partial charge in [0.15, 0.2) is 17.6 Å². The molecule has 8 nitrogen and oxygen atoms in total. The van der Waals surface area contributed by atoms with Gasteiger partial charge < -0.3 is 5.73 Å². The molecule has 0 aliphatic carbocycles. The zero-order valence-electron chi connectivity index (χ0n) is 17.1. The van der Waals surface area contributed by atoms with Gasteiger partial charge in [-0.3, -0.25) is 24.0 Å². The van der Waals surface area contributed by atoms with E-state index in [-0.39, 0.29) is 29.9 Å². The number of nitrogen functional groups attached to an aromatic ring is 1. The highest BCUT2D eigenvalue weighted by atomic mass is 16.2.